The minimum absolute atomic E-state index is 0.0542. The SMILES string of the molecule is CS(=O)(=O)CCCn1c(Cn2c(=O)n(C3CC3)c3ccncc32)nc2cc(Br)ccc21. The summed E-state index contributed by atoms with van der Waals surface area (Å²) >= 11 is 3.49. The molecule has 1 aromatic carbocycles. The monoisotopic (exact) mass is 503 g/mol. The van der Waals surface area contributed by atoms with Crippen molar-refractivity contribution in [2.24, 2.45) is 0 Å². The van der Waals surface area contributed by atoms with Crippen LogP contribution >= 0.6 is 15.9 Å². The molecule has 8 nitrogen and oxygen atoms in total. The molecule has 0 amide bonds. The molecule has 1 aliphatic rings. The highest BCUT2D eigenvalue weighted by Crippen LogP contribution is 2.36. The number of hydrogen-bond acceptors (Lipinski definition) is 5. The van der Waals surface area contributed by atoms with Crippen LogP contribution in [0.15, 0.2) is 45.9 Å². The van der Waals surface area contributed by atoms with Crippen LogP contribution in [0.4, 0.5) is 0 Å². The number of rotatable bonds is 7. The van der Waals surface area contributed by atoms with E-state index in [1.807, 2.05) is 33.4 Å². The van der Waals surface area contributed by atoms with Crippen LogP contribution < -0.4 is 5.69 Å². The fraction of sp³-hybridized carbons (Fsp3) is 0.381. The van der Waals surface area contributed by atoms with Gasteiger partial charge in [-0.2, -0.15) is 0 Å². The first kappa shape index (κ1) is 20.4. The second-order valence-corrected chi connectivity index (χ2v) is 11.3. The average Bonchev–Trinajstić information content (AvgIpc) is 3.43. The number of aromatic nitrogens is 5. The summed E-state index contributed by atoms with van der Waals surface area (Å²) < 4.78 is 29.8. The first-order valence-electron chi connectivity index (χ1n) is 10.2. The molecule has 0 atom stereocenters. The standard InChI is InChI=1S/C21H22BrN5O3S/c1-31(29,30)10-2-9-25-17-6-3-14(22)11-16(17)24-20(25)13-26-19-12-23-8-7-18(19)27(21(26)28)15-4-5-15/h3,6-8,11-12,15H,2,4-5,9-10,13H2,1H3. The van der Waals surface area contributed by atoms with Crippen molar-refractivity contribution in [2.45, 2.75) is 38.4 Å². The molecule has 5 rings (SSSR count). The fourth-order valence-electron chi connectivity index (χ4n) is 4.11. The molecule has 1 fully saturated rings. The summed E-state index contributed by atoms with van der Waals surface area (Å²) in [5, 5.41) is 0. The number of halogens is 1. The molecule has 1 saturated carbocycles. The lowest BCUT2D eigenvalue weighted by molar-refractivity contribution is 0.583. The normalized spacial score (nSPS) is 14.6. The number of fused-ring (bicyclic) bond motifs is 2. The van der Waals surface area contributed by atoms with Gasteiger partial charge in [0, 0.05) is 29.5 Å². The molecule has 0 saturated heterocycles. The van der Waals surface area contributed by atoms with E-state index in [1.54, 1.807) is 17.0 Å². The molecule has 10 heteroatoms. The molecule has 31 heavy (non-hydrogen) atoms. The second kappa shape index (κ2) is 7.59. The van der Waals surface area contributed by atoms with Crippen LogP contribution in [0.5, 0.6) is 0 Å². The van der Waals surface area contributed by atoms with Gasteiger partial charge in [0.2, 0.25) is 0 Å². The predicted octanol–water partition coefficient (Wildman–Crippen LogP) is 3.13. The van der Waals surface area contributed by atoms with Gasteiger partial charge in [-0.1, -0.05) is 15.9 Å². The van der Waals surface area contributed by atoms with Crippen LogP contribution in [0.1, 0.15) is 31.1 Å². The summed E-state index contributed by atoms with van der Waals surface area (Å²) in [5.74, 6) is 0.829. The fourth-order valence-corrected chi connectivity index (χ4v) is 5.12. The third-order valence-corrected chi connectivity index (χ3v) is 7.19. The van der Waals surface area contributed by atoms with E-state index in [4.69, 9.17) is 4.98 Å². The third kappa shape index (κ3) is 3.94. The zero-order valence-corrected chi connectivity index (χ0v) is 19.4. The number of pyridine rings is 1. The zero-order valence-electron chi connectivity index (χ0n) is 17.0. The Balaban J connectivity index is 1.60. The van der Waals surface area contributed by atoms with Gasteiger partial charge in [0.25, 0.3) is 0 Å². The Hall–Kier alpha value is -2.46. The number of nitrogens with zero attached hydrogens (tertiary/aromatic N) is 5. The van der Waals surface area contributed by atoms with Crippen LogP contribution in [0.25, 0.3) is 22.1 Å². The Bertz CT molecular complexity index is 1460. The lowest BCUT2D eigenvalue weighted by Crippen LogP contribution is -2.25. The van der Waals surface area contributed by atoms with Gasteiger partial charge < -0.3 is 4.57 Å². The molecule has 0 aliphatic heterocycles. The van der Waals surface area contributed by atoms with Gasteiger partial charge in [-0.05, 0) is 43.5 Å². The van der Waals surface area contributed by atoms with E-state index in [0.29, 0.717) is 19.5 Å². The lowest BCUT2D eigenvalue weighted by atomic mass is 10.3. The van der Waals surface area contributed by atoms with Crippen LogP contribution in [-0.4, -0.2) is 44.1 Å². The van der Waals surface area contributed by atoms with Gasteiger partial charge in [0.15, 0.2) is 0 Å². The molecular weight excluding hydrogens is 482 g/mol. The topological polar surface area (TPSA) is 91.8 Å². The third-order valence-electron chi connectivity index (χ3n) is 5.66. The predicted molar refractivity (Wildman–Crippen MR) is 123 cm³/mol. The summed E-state index contributed by atoms with van der Waals surface area (Å²) in [6, 6.07) is 7.98. The van der Waals surface area contributed by atoms with Crippen molar-refractivity contribution >= 4 is 47.8 Å². The molecule has 0 radical (unpaired) electrons. The number of aryl methyl sites for hydroxylation is 1. The number of benzene rings is 1. The summed E-state index contributed by atoms with van der Waals surface area (Å²) in [4.78, 5) is 22.3. The molecule has 0 bridgehead atoms. The van der Waals surface area contributed by atoms with Crippen molar-refractivity contribution in [2.75, 3.05) is 12.0 Å². The molecule has 3 heterocycles. The average molecular weight is 504 g/mol. The van der Waals surface area contributed by atoms with Gasteiger partial charge in [-0.25, -0.2) is 18.2 Å². The zero-order chi connectivity index (χ0) is 21.8. The van der Waals surface area contributed by atoms with Gasteiger partial charge in [0.05, 0.1) is 40.6 Å². The molecule has 162 valence electrons. The molecule has 0 unspecified atom stereocenters. The van der Waals surface area contributed by atoms with Gasteiger partial charge in [0.1, 0.15) is 15.7 Å². The maximum absolute atomic E-state index is 13.3. The van der Waals surface area contributed by atoms with Crippen LogP contribution in [0.2, 0.25) is 0 Å². The molecule has 1 aliphatic carbocycles. The molecule has 0 spiro atoms. The highest BCUT2D eigenvalue weighted by molar-refractivity contribution is 9.10. The Morgan fingerprint density at radius 3 is 2.68 bits per heavy atom. The van der Waals surface area contributed by atoms with E-state index >= 15 is 0 Å². The minimum atomic E-state index is -3.05. The number of imidazole rings is 2. The van der Waals surface area contributed by atoms with Crippen LogP contribution in [-0.2, 0) is 22.9 Å². The molecule has 4 aromatic rings. The summed E-state index contributed by atoms with van der Waals surface area (Å²) in [6.07, 6.45) is 7.19. The summed E-state index contributed by atoms with van der Waals surface area (Å²) in [6.45, 7) is 0.806. The van der Waals surface area contributed by atoms with Crippen LogP contribution in [0.3, 0.4) is 0 Å². The highest BCUT2D eigenvalue weighted by atomic mass is 79.9. The lowest BCUT2D eigenvalue weighted by Gasteiger charge is -2.10. The Morgan fingerprint density at radius 1 is 1.13 bits per heavy atom. The molecular formula is C21H22BrN5O3S. The smallest absolute Gasteiger partial charge is 0.326 e. The number of sulfone groups is 1. The van der Waals surface area contributed by atoms with E-state index in [0.717, 1.165) is 45.2 Å². The second-order valence-electron chi connectivity index (χ2n) is 8.13. The van der Waals surface area contributed by atoms with Crippen molar-refractivity contribution in [1.29, 1.82) is 0 Å². The Morgan fingerprint density at radius 2 is 1.94 bits per heavy atom. The largest absolute Gasteiger partial charge is 0.329 e. The maximum atomic E-state index is 13.3. The van der Waals surface area contributed by atoms with Gasteiger partial charge in [-0.15, -0.1) is 0 Å². The van der Waals surface area contributed by atoms with Crippen molar-refractivity contribution in [1.82, 2.24) is 23.7 Å². The van der Waals surface area contributed by atoms with Crippen molar-refractivity contribution in [3.63, 3.8) is 0 Å². The van der Waals surface area contributed by atoms with Gasteiger partial charge in [-0.3, -0.25) is 14.1 Å². The van der Waals surface area contributed by atoms with E-state index in [2.05, 4.69) is 20.9 Å². The van der Waals surface area contributed by atoms with E-state index in [-0.39, 0.29) is 17.5 Å². The summed E-state index contributed by atoms with van der Waals surface area (Å²) in [5.41, 5.74) is 3.35. The van der Waals surface area contributed by atoms with Crippen molar-refractivity contribution < 1.29 is 8.42 Å². The first-order valence-corrected chi connectivity index (χ1v) is 13.0. The Kier molecular flexibility index (Phi) is 5.01. The van der Waals surface area contributed by atoms with E-state index in [1.165, 1.54) is 6.26 Å². The summed E-state index contributed by atoms with van der Waals surface area (Å²) in [7, 11) is -3.05. The molecule has 3 aromatic heterocycles. The highest BCUT2D eigenvalue weighted by Gasteiger charge is 2.29. The Labute approximate surface area is 187 Å². The maximum Gasteiger partial charge on any atom is 0.329 e. The molecule has 0 N–H and O–H groups in total. The first-order chi connectivity index (χ1) is 14.8. The quantitative estimate of drug-likeness (QED) is 0.386. The van der Waals surface area contributed by atoms with E-state index < -0.39 is 9.84 Å². The van der Waals surface area contributed by atoms with Crippen LogP contribution in [0, 0.1) is 0 Å². The minimum Gasteiger partial charge on any atom is -0.326 e. The van der Waals surface area contributed by atoms with Gasteiger partial charge >= 0.3 is 5.69 Å². The van der Waals surface area contributed by atoms with E-state index in [9.17, 15) is 13.2 Å². The van der Waals surface area contributed by atoms with Crippen molar-refractivity contribution in [3.05, 3.63) is 57.4 Å². The van der Waals surface area contributed by atoms with Crippen molar-refractivity contribution in [3.8, 4) is 0 Å². The number of hydrogen-bond donors (Lipinski definition) is 0.